The first-order valence-electron chi connectivity index (χ1n) is 9.49. The van der Waals surface area contributed by atoms with Crippen LogP contribution < -0.4 is 0 Å². The third kappa shape index (κ3) is 6.75. The van der Waals surface area contributed by atoms with Crippen LogP contribution in [0.2, 0.25) is 0 Å². The van der Waals surface area contributed by atoms with E-state index in [1.54, 1.807) is 0 Å². The monoisotopic (exact) mass is 536 g/mol. The molecule has 34 heavy (non-hydrogen) atoms. The second kappa shape index (κ2) is 9.72. The van der Waals surface area contributed by atoms with Gasteiger partial charge in [-0.05, 0) is 0 Å². The number of ether oxygens (including phenoxy) is 2. The lowest BCUT2D eigenvalue weighted by atomic mass is 9.99. The van der Waals surface area contributed by atoms with Gasteiger partial charge in [0.25, 0.3) is 18.0 Å². The van der Waals surface area contributed by atoms with Crippen LogP contribution in [-0.2, 0) is 9.47 Å². The summed E-state index contributed by atoms with van der Waals surface area (Å²) in [6.45, 7) is -6.92. The number of nitrogens with zero attached hydrogens (tertiary/aromatic N) is 2. The zero-order valence-electron chi connectivity index (χ0n) is 16.8. The largest absolute Gasteiger partial charge is 0.460 e. The van der Waals surface area contributed by atoms with Gasteiger partial charge in [-0.2, -0.15) is 39.5 Å². The highest BCUT2D eigenvalue weighted by atomic mass is 19.4. The topological polar surface area (TPSA) is 24.9 Å². The molecule has 2 heterocycles. The minimum Gasteiger partial charge on any atom is -0.373 e. The van der Waals surface area contributed by atoms with Crippen molar-refractivity contribution in [3.63, 3.8) is 0 Å². The van der Waals surface area contributed by atoms with E-state index in [1.807, 2.05) is 0 Å². The average Bonchev–Trinajstić information content (AvgIpc) is 2.65. The van der Waals surface area contributed by atoms with E-state index in [1.165, 1.54) is 0 Å². The van der Waals surface area contributed by atoms with Gasteiger partial charge in [0.05, 0.1) is 19.3 Å². The van der Waals surface area contributed by atoms with E-state index in [0.717, 1.165) is 0 Å². The highest BCUT2D eigenvalue weighted by Crippen LogP contribution is 2.43. The second-order valence-corrected chi connectivity index (χ2v) is 7.76. The summed E-state index contributed by atoms with van der Waals surface area (Å²) in [6.07, 6.45) is -27.8. The molecule has 18 heteroatoms. The predicted octanol–water partition coefficient (Wildman–Crippen LogP) is 4.40. The smallest absolute Gasteiger partial charge is 0.373 e. The van der Waals surface area contributed by atoms with Crippen LogP contribution in [0.5, 0.6) is 0 Å². The summed E-state index contributed by atoms with van der Waals surface area (Å²) >= 11 is 0. The third-order valence-corrected chi connectivity index (χ3v) is 5.27. The molecule has 0 aliphatic carbocycles. The molecule has 202 valence electrons. The molecule has 0 aromatic rings. The molecule has 2 saturated heterocycles. The third-order valence-electron chi connectivity index (χ3n) is 5.27. The van der Waals surface area contributed by atoms with Crippen molar-refractivity contribution in [3.05, 3.63) is 0 Å². The predicted molar refractivity (Wildman–Crippen MR) is 84.0 cm³/mol. The lowest BCUT2D eigenvalue weighted by molar-refractivity contribution is -0.306. The molecule has 0 aromatic heterocycles. The molecule has 0 spiro atoms. The standard InChI is InChI=1S/C16H18F14N2O2/c17-10(14(22,23)24)12(18,19)5-8-6-34-9(7-33-8)13(20,21)11(15(25,26)27)31-1-3-32(4-2-31)16(28,29)30/h8-11H,1-7H2. The van der Waals surface area contributed by atoms with Gasteiger partial charge >= 0.3 is 18.7 Å². The lowest BCUT2D eigenvalue weighted by Gasteiger charge is -2.45. The van der Waals surface area contributed by atoms with E-state index in [0.29, 0.717) is 0 Å². The molecule has 0 N–H and O–H groups in total. The van der Waals surface area contributed by atoms with Gasteiger partial charge in [0.15, 0.2) is 6.04 Å². The van der Waals surface area contributed by atoms with Crippen molar-refractivity contribution in [1.82, 2.24) is 9.80 Å². The van der Waals surface area contributed by atoms with Crippen LogP contribution in [0.15, 0.2) is 0 Å². The highest BCUT2D eigenvalue weighted by molar-refractivity contribution is 4.99. The first-order valence-corrected chi connectivity index (χ1v) is 9.49. The summed E-state index contributed by atoms with van der Waals surface area (Å²) in [7, 11) is 0. The summed E-state index contributed by atoms with van der Waals surface area (Å²) in [5.74, 6) is -9.88. The Morgan fingerprint density at radius 3 is 1.62 bits per heavy atom. The van der Waals surface area contributed by atoms with Crippen LogP contribution in [0, 0.1) is 0 Å². The number of piperazine rings is 1. The summed E-state index contributed by atoms with van der Waals surface area (Å²) < 4.78 is 193. The molecular weight excluding hydrogens is 518 g/mol. The summed E-state index contributed by atoms with van der Waals surface area (Å²) in [6, 6.07) is -3.62. The lowest BCUT2D eigenvalue weighted by Crippen LogP contribution is -2.66. The summed E-state index contributed by atoms with van der Waals surface area (Å²) in [5, 5.41) is 0. The Morgan fingerprint density at radius 1 is 0.706 bits per heavy atom. The molecule has 4 unspecified atom stereocenters. The van der Waals surface area contributed by atoms with Gasteiger partial charge in [-0.25, -0.2) is 26.9 Å². The number of hydrogen-bond donors (Lipinski definition) is 0. The molecular formula is C16H18F14N2O2. The fourth-order valence-electron chi connectivity index (χ4n) is 3.61. The Balaban J connectivity index is 2.07. The van der Waals surface area contributed by atoms with Crippen LogP contribution in [0.1, 0.15) is 6.42 Å². The van der Waals surface area contributed by atoms with Gasteiger partial charge in [0.2, 0.25) is 0 Å². The zero-order chi connectivity index (χ0) is 26.3. The normalized spacial score (nSPS) is 27.0. The van der Waals surface area contributed by atoms with Gasteiger partial charge < -0.3 is 9.47 Å². The van der Waals surface area contributed by atoms with Crippen molar-refractivity contribution in [3.8, 4) is 0 Å². The Bertz CT molecular complexity index is 664. The van der Waals surface area contributed by atoms with E-state index in [2.05, 4.69) is 9.47 Å². The second-order valence-electron chi connectivity index (χ2n) is 7.76. The molecule has 2 fully saturated rings. The molecule has 0 bridgehead atoms. The van der Waals surface area contributed by atoms with Gasteiger partial charge in [-0.15, -0.1) is 0 Å². The minimum atomic E-state index is -5.94. The first kappa shape index (κ1) is 29.1. The Morgan fingerprint density at radius 2 is 1.24 bits per heavy atom. The maximum absolute atomic E-state index is 14.8. The zero-order valence-corrected chi connectivity index (χ0v) is 16.8. The van der Waals surface area contributed by atoms with Gasteiger partial charge in [0, 0.05) is 32.6 Å². The molecule has 2 aliphatic heterocycles. The summed E-state index contributed by atoms with van der Waals surface area (Å²) in [5.41, 5.74) is 0. The van der Waals surface area contributed by atoms with Crippen molar-refractivity contribution in [2.45, 2.75) is 61.3 Å². The van der Waals surface area contributed by atoms with Crippen molar-refractivity contribution in [2.75, 3.05) is 39.4 Å². The van der Waals surface area contributed by atoms with E-state index in [9.17, 15) is 61.5 Å². The average molecular weight is 536 g/mol. The number of alkyl halides is 14. The van der Waals surface area contributed by atoms with Crippen molar-refractivity contribution < 1.29 is 70.9 Å². The fraction of sp³-hybridized carbons (Fsp3) is 1.00. The Hall–Kier alpha value is -1.14. The minimum absolute atomic E-state index is 0.0723. The molecule has 0 aromatic carbocycles. The first-order chi connectivity index (χ1) is 15.2. The molecule has 4 atom stereocenters. The number of rotatable bonds is 6. The van der Waals surface area contributed by atoms with Crippen molar-refractivity contribution in [1.29, 1.82) is 0 Å². The van der Waals surface area contributed by atoms with Crippen molar-refractivity contribution in [2.24, 2.45) is 0 Å². The maximum atomic E-state index is 14.8. The molecule has 4 nitrogen and oxygen atoms in total. The Kier molecular flexibility index (Phi) is 8.32. The molecule has 0 saturated carbocycles. The SMILES string of the molecule is FC(C(F)(F)F)C(F)(F)CC1COC(C(F)(F)C(N2CCN(C(F)(F)F)CC2)C(F)(F)F)CO1. The van der Waals surface area contributed by atoms with Crippen LogP contribution in [0.4, 0.5) is 61.5 Å². The number of halogens is 14. The molecule has 0 amide bonds. The van der Waals surface area contributed by atoms with E-state index in [4.69, 9.17) is 0 Å². The van der Waals surface area contributed by atoms with Crippen molar-refractivity contribution >= 4 is 0 Å². The maximum Gasteiger partial charge on any atom is 0.460 e. The van der Waals surface area contributed by atoms with Crippen LogP contribution in [-0.4, -0.2) is 104 Å². The number of hydrogen-bond acceptors (Lipinski definition) is 4. The van der Waals surface area contributed by atoms with Crippen LogP contribution in [0.25, 0.3) is 0 Å². The Labute approximate surface area is 182 Å². The summed E-state index contributed by atoms with van der Waals surface area (Å²) in [4.78, 5) is -0.0952. The van der Waals surface area contributed by atoms with Gasteiger partial charge in [-0.1, -0.05) is 0 Å². The van der Waals surface area contributed by atoms with Gasteiger partial charge in [0.1, 0.15) is 6.10 Å². The van der Waals surface area contributed by atoms with Crippen LogP contribution >= 0.6 is 0 Å². The quantitative estimate of drug-likeness (QED) is 0.372. The van der Waals surface area contributed by atoms with Gasteiger partial charge in [-0.3, -0.25) is 4.90 Å². The fourth-order valence-corrected chi connectivity index (χ4v) is 3.61. The molecule has 2 aliphatic rings. The molecule has 2 rings (SSSR count). The van der Waals surface area contributed by atoms with E-state index in [-0.39, 0.29) is 9.80 Å². The van der Waals surface area contributed by atoms with E-state index < -0.39 is 101 Å². The van der Waals surface area contributed by atoms with E-state index >= 15 is 0 Å². The highest BCUT2D eigenvalue weighted by Gasteiger charge is 2.64. The van der Waals surface area contributed by atoms with Crippen LogP contribution in [0.3, 0.4) is 0 Å². The molecule has 0 radical (unpaired) electrons.